The molecule has 7 N–H and O–H groups in total. The van der Waals surface area contributed by atoms with Crippen LogP contribution in [0.2, 0.25) is 0 Å². The first-order valence-corrected chi connectivity index (χ1v) is 9.23. The number of hydrogen-bond donors (Lipinski definition) is 6. The van der Waals surface area contributed by atoms with Gasteiger partial charge in [0.25, 0.3) is 5.08 Å². The second-order valence-electron chi connectivity index (χ2n) is 5.25. The molecule has 0 radical (unpaired) electrons. The average Bonchev–Trinajstić information content (AvgIpc) is 2.25. The molecule has 20 heavy (non-hydrogen) atoms. The number of aliphatic hydroxyl groups is 1. The fourth-order valence-electron chi connectivity index (χ4n) is 2.68. The fourth-order valence-corrected chi connectivity index (χ4v) is 5.50. The van der Waals surface area contributed by atoms with Gasteiger partial charge in [0.2, 0.25) is 0 Å². The Morgan fingerprint density at radius 2 is 1.40 bits per heavy atom. The minimum absolute atomic E-state index is 0. The van der Waals surface area contributed by atoms with Crippen molar-refractivity contribution in [3.05, 3.63) is 0 Å². The summed E-state index contributed by atoms with van der Waals surface area (Å²) in [5.41, 5.74) is 5.72. The van der Waals surface area contributed by atoms with E-state index in [9.17, 15) is 14.2 Å². The van der Waals surface area contributed by atoms with Crippen molar-refractivity contribution in [2.24, 2.45) is 17.6 Å². The molecule has 0 heterocycles. The van der Waals surface area contributed by atoms with Crippen molar-refractivity contribution in [1.82, 2.24) is 0 Å². The van der Waals surface area contributed by atoms with Crippen LogP contribution in [0.15, 0.2) is 0 Å². The van der Waals surface area contributed by atoms with E-state index in [0.717, 1.165) is 0 Å². The van der Waals surface area contributed by atoms with Crippen LogP contribution in [0, 0.1) is 11.8 Å². The van der Waals surface area contributed by atoms with Crippen molar-refractivity contribution in [3.63, 3.8) is 0 Å². The van der Waals surface area contributed by atoms with Gasteiger partial charge >= 0.3 is 44.7 Å². The second kappa shape index (κ2) is 7.20. The predicted molar refractivity (Wildman–Crippen MR) is 75.3 cm³/mol. The molecule has 0 saturated heterocycles. The third-order valence-electron chi connectivity index (χ3n) is 3.92. The fraction of sp³-hybridized carbons (Fsp3) is 1.00. The Balaban J connectivity index is 0.00000361. The van der Waals surface area contributed by atoms with Crippen LogP contribution in [0.3, 0.4) is 0 Å². The van der Waals surface area contributed by atoms with Gasteiger partial charge in [-0.15, -0.1) is 0 Å². The van der Waals surface area contributed by atoms with Crippen molar-refractivity contribution in [2.75, 3.05) is 0 Å². The Labute approximate surface area is 139 Å². The Morgan fingerprint density at radius 3 is 1.65 bits per heavy atom. The molecular formula is C9H22NNaO7P2. The van der Waals surface area contributed by atoms with E-state index in [1.165, 1.54) is 0 Å². The van der Waals surface area contributed by atoms with Crippen LogP contribution in [0.4, 0.5) is 0 Å². The second-order valence-corrected chi connectivity index (χ2v) is 9.14. The summed E-state index contributed by atoms with van der Waals surface area (Å²) in [5.74, 6) is -1.00. The monoisotopic (exact) mass is 341 g/mol. The number of rotatable bonds is 4. The van der Waals surface area contributed by atoms with Crippen molar-refractivity contribution >= 4 is 44.7 Å². The van der Waals surface area contributed by atoms with Crippen LogP contribution in [0.25, 0.3) is 0 Å². The van der Waals surface area contributed by atoms with E-state index < -0.39 is 26.2 Å². The molecule has 0 aromatic carbocycles. The van der Waals surface area contributed by atoms with Gasteiger partial charge in [0, 0.05) is 12.0 Å². The van der Waals surface area contributed by atoms with E-state index >= 15 is 0 Å². The minimum atomic E-state index is -5.36. The van der Waals surface area contributed by atoms with Gasteiger partial charge in [0.15, 0.2) is 0 Å². The third kappa shape index (κ3) is 4.15. The molecule has 0 aromatic heterocycles. The molecule has 1 rings (SSSR count). The van der Waals surface area contributed by atoms with Crippen molar-refractivity contribution in [3.8, 4) is 0 Å². The van der Waals surface area contributed by atoms with Crippen molar-refractivity contribution in [1.29, 1.82) is 0 Å². The summed E-state index contributed by atoms with van der Waals surface area (Å²) in [4.78, 5) is 36.6. The Kier molecular flexibility index (Phi) is 7.63. The third-order valence-corrected chi connectivity index (χ3v) is 7.93. The van der Waals surface area contributed by atoms with Gasteiger partial charge in [0.05, 0.1) is 0 Å². The van der Waals surface area contributed by atoms with Crippen molar-refractivity contribution in [2.45, 2.75) is 43.7 Å². The first-order valence-electron chi connectivity index (χ1n) is 6.00. The van der Waals surface area contributed by atoms with Crippen LogP contribution >= 0.6 is 15.2 Å². The molecule has 0 spiro atoms. The molecule has 0 amide bonds. The predicted octanol–water partition coefficient (Wildman–Crippen LogP) is -0.507. The molecule has 11 heteroatoms. The van der Waals surface area contributed by atoms with Crippen LogP contribution in [-0.2, 0) is 9.13 Å². The Bertz CT molecular complexity index is 391. The molecule has 0 aromatic rings. The number of hydrogen-bond acceptors (Lipinski definition) is 4. The molecule has 1 saturated carbocycles. The molecule has 1 fully saturated rings. The van der Waals surface area contributed by atoms with Crippen LogP contribution in [0.1, 0.15) is 32.6 Å². The molecule has 1 atom stereocenters. The SMILES string of the molecule is CC(N)C1CCC(C(O)(P(=O)(O)O)P(=O)(O)O)CC1.[NaH]. The summed E-state index contributed by atoms with van der Waals surface area (Å²) in [7, 11) is -10.7. The quantitative estimate of drug-likeness (QED) is 0.294. The van der Waals surface area contributed by atoms with Gasteiger partial charge in [-0.25, -0.2) is 0 Å². The summed E-state index contributed by atoms with van der Waals surface area (Å²) in [6.07, 6.45) is 1.20. The van der Waals surface area contributed by atoms with Crippen molar-refractivity contribution < 1.29 is 33.8 Å². The number of nitrogens with two attached hydrogens (primary N) is 1. The first-order chi connectivity index (χ1) is 8.41. The molecular weight excluding hydrogens is 319 g/mol. The molecule has 8 nitrogen and oxygen atoms in total. The maximum absolute atomic E-state index is 11.3. The van der Waals surface area contributed by atoms with E-state index in [0.29, 0.717) is 12.8 Å². The van der Waals surface area contributed by atoms with Gasteiger partial charge in [-0.1, -0.05) is 0 Å². The summed E-state index contributed by atoms with van der Waals surface area (Å²) in [5, 5.41) is 6.69. The zero-order valence-electron chi connectivity index (χ0n) is 10.6. The van der Waals surface area contributed by atoms with Gasteiger partial charge in [0.1, 0.15) is 0 Å². The van der Waals surface area contributed by atoms with E-state index in [1.54, 1.807) is 0 Å². The zero-order chi connectivity index (χ0) is 15.1. The van der Waals surface area contributed by atoms with Crippen LogP contribution in [0.5, 0.6) is 0 Å². The molecule has 1 unspecified atom stereocenters. The van der Waals surface area contributed by atoms with Gasteiger partial charge in [-0.3, -0.25) is 9.13 Å². The van der Waals surface area contributed by atoms with Gasteiger partial charge in [-0.05, 0) is 38.5 Å². The van der Waals surface area contributed by atoms with Crippen LogP contribution in [-0.4, -0.2) is 65.4 Å². The maximum atomic E-state index is 11.3. The molecule has 1 aliphatic rings. The standard InChI is InChI=1S/C9H21NO7P2.Na.H/c1-6(10)7-2-4-8(5-3-7)9(11,18(12,13)14)19(15,16)17;;/h6-8,11H,2-5,10H2,1H3,(H2,12,13,14)(H2,15,16,17);;. The van der Waals surface area contributed by atoms with Crippen LogP contribution < -0.4 is 5.73 Å². The molecule has 116 valence electrons. The summed E-state index contributed by atoms with van der Waals surface area (Å²) >= 11 is 0. The molecule has 1 aliphatic carbocycles. The van der Waals surface area contributed by atoms with E-state index in [4.69, 9.17) is 25.3 Å². The normalized spacial score (nSPS) is 26.8. The Morgan fingerprint density at radius 1 is 1.05 bits per heavy atom. The van der Waals surface area contributed by atoms with Gasteiger partial charge < -0.3 is 30.4 Å². The average molecular weight is 341 g/mol. The van der Waals surface area contributed by atoms with E-state index in [2.05, 4.69) is 0 Å². The topological polar surface area (TPSA) is 161 Å². The summed E-state index contributed by atoms with van der Waals surface area (Å²) in [6.45, 7) is 1.81. The molecule has 0 bridgehead atoms. The van der Waals surface area contributed by atoms with E-state index in [-0.39, 0.29) is 54.4 Å². The summed E-state index contributed by atoms with van der Waals surface area (Å²) < 4.78 is 22.7. The Hall–Kier alpha value is 1.22. The molecule has 0 aliphatic heterocycles. The van der Waals surface area contributed by atoms with Gasteiger partial charge in [-0.2, -0.15) is 0 Å². The zero-order valence-corrected chi connectivity index (χ0v) is 12.4. The van der Waals surface area contributed by atoms with E-state index in [1.807, 2.05) is 6.92 Å². The first kappa shape index (κ1) is 21.2. The summed E-state index contributed by atoms with van der Waals surface area (Å²) in [6, 6.07) is -0.0980.